The molecule has 2 N–H and O–H groups in total. The molecule has 5 heteroatoms. The van der Waals surface area contributed by atoms with E-state index >= 15 is 0 Å². The molecule has 0 saturated carbocycles. The van der Waals surface area contributed by atoms with Crippen LogP contribution in [0.5, 0.6) is 5.75 Å². The molecule has 0 aliphatic carbocycles. The Labute approximate surface area is 137 Å². The summed E-state index contributed by atoms with van der Waals surface area (Å²) in [6.07, 6.45) is 6.06. The van der Waals surface area contributed by atoms with Gasteiger partial charge in [-0.3, -0.25) is 0 Å². The lowest BCUT2D eigenvalue weighted by Crippen LogP contribution is -2.29. The van der Waals surface area contributed by atoms with E-state index in [1.807, 2.05) is 17.9 Å². The molecule has 122 valence electrons. The van der Waals surface area contributed by atoms with E-state index in [9.17, 15) is 0 Å². The fourth-order valence-corrected chi connectivity index (χ4v) is 3.72. The third-order valence-corrected chi connectivity index (χ3v) is 5.02. The van der Waals surface area contributed by atoms with Gasteiger partial charge >= 0.3 is 0 Å². The largest absolute Gasteiger partial charge is 0.493 e. The fraction of sp³-hybridized carbons (Fsp3) is 0.500. The third-order valence-electron chi connectivity index (χ3n) is 5.02. The average Bonchev–Trinajstić information content (AvgIpc) is 3.24. The van der Waals surface area contributed by atoms with Crippen molar-refractivity contribution in [1.29, 1.82) is 0 Å². The number of hydrogen-bond acceptors (Lipinski definition) is 4. The number of aromatic nitrogens is 2. The smallest absolute Gasteiger partial charge is 0.122 e. The molecule has 2 atom stereocenters. The number of aryl methyl sites for hydroxylation is 1. The van der Waals surface area contributed by atoms with E-state index in [2.05, 4.69) is 34.3 Å². The van der Waals surface area contributed by atoms with Gasteiger partial charge < -0.3 is 19.9 Å². The molecule has 0 bridgehead atoms. The number of hydrogen-bond donors (Lipinski definition) is 1. The Morgan fingerprint density at radius 1 is 1.35 bits per heavy atom. The molecule has 0 spiro atoms. The van der Waals surface area contributed by atoms with Crippen LogP contribution in [0.15, 0.2) is 30.7 Å². The Balaban J connectivity index is 1.37. The van der Waals surface area contributed by atoms with Crippen LogP contribution in [-0.4, -0.2) is 46.7 Å². The van der Waals surface area contributed by atoms with Gasteiger partial charge in [-0.25, -0.2) is 4.98 Å². The molecule has 2 aliphatic heterocycles. The minimum atomic E-state index is 0.179. The standard InChI is InChI=1S/C18H24N4O/c1-21-11-17(20-12-21)15-9-22(10-16(15)19)6-4-13-2-3-18-14(8-13)5-7-23-18/h2-3,8,11-12,15-16H,4-7,9-10,19H2,1H3/t15-,16-/m1/s1. The van der Waals surface area contributed by atoms with E-state index in [0.29, 0.717) is 5.92 Å². The van der Waals surface area contributed by atoms with Crippen LogP contribution in [0.4, 0.5) is 0 Å². The van der Waals surface area contributed by atoms with Crippen LogP contribution in [0.25, 0.3) is 0 Å². The number of rotatable bonds is 4. The van der Waals surface area contributed by atoms with Gasteiger partial charge in [0.25, 0.3) is 0 Å². The summed E-state index contributed by atoms with van der Waals surface area (Å²) in [4.78, 5) is 6.95. The normalized spacial score (nSPS) is 23.9. The number of nitrogens with two attached hydrogens (primary N) is 1. The summed E-state index contributed by atoms with van der Waals surface area (Å²) < 4.78 is 7.57. The molecule has 5 nitrogen and oxygen atoms in total. The lowest BCUT2D eigenvalue weighted by molar-refractivity contribution is 0.335. The molecule has 4 rings (SSSR count). The fourth-order valence-electron chi connectivity index (χ4n) is 3.72. The summed E-state index contributed by atoms with van der Waals surface area (Å²) in [5, 5.41) is 0. The maximum Gasteiger partial charge on any atom is 0.122 e. The van der Waals surface area contributed by atoms with E-state index in [4.69, 9.17) is 10.5 Å². The molecular formula is C18H24N4O. The van der Waals surface area contributed by atoms with Crippen molar-refractivity contribution in [2.45, 2.75) is 24.8 Å². The summed E-state index contributed by atoms with van der Waals surface area (Å²) in [7, 11) is 2.01. The number of nitrogens with zero attached hydrogens (tertiary/aromatic N) is 3. The highest BCUT2D eigenvalue weighted by Gasteiger charge is 2.32. The van der Waals surface area contributed by atoms with Crippen molar-refractivity contribution in [2.75, 3.05) is 26.2 Å². The highest BCUT2D eigenvalue weighted by molar-refractivity contribution is 5.39. The van der Waals surface area contributed by atoms with Crippen LogP contribution in [-0.2, 0) is 19.9 Å². The first-order valence-electron chi connectivity index (χ1n) is 8.39. The number of ether oxygens (including phenoxy) is 1. The molecular weight excluding hydrogens is 288 g/mol. The van der Waals surface area contributed by atoms with Crippen molar-refractivity contribution in [3.05, 3.63) is 47.5 Å². The van der Waals surface area contributed by atoms with Crippen molar-refractivity contribution in [1.82, 2.24) is 14.5 Å². The van der Waals surface area contributed by atoms with Crippen molar-refractivity contribution in [2.24, 2.45) is 12.8 Å². The van der Waals surface area contributed by atoms with E-state index in [0.717, 1.165) is 50.5 Å². The second-order valence-electron chi connectivity index (χ2n) is 6.78. The van der Waals surface area contributed by atoms with Crippen LogP contribution < -0.4 is 10.5 Å². The van der Waals surface area contributed by atoms with Crippen molar-refractivity contribution < 1.29 is 4.74 Å². The van der Waals surface area contributed by atoms with Gasteiger partial charge in [-0.15, -0.1) is 0 Å². The Hall–Kier alpha value is -1.85. The lowest BCUT2D eigenvalue weighted by atomic mass is 10.0. The van der Waals surface area contributed by atoms with E-state index < -0.39 is 0 Å². The molecule has 1 aromatic heterocycles. The Kier molecular flexibility index (Phi) is 3.83. The first-order chi connectivity index (χ1) is 11.2. The highest BCUT2D eigenvalue weighted by atomic mass is 16.5. The number of fused-ring (bicyclic) bond motifs is 1. The topological polar surface area (TPSA) is 56.3 Å². The molecule has 1 aromatic carbocycles. The second-order valence-corrected chi connectivity index (χ2v) is 6.78. The van der Waals surface area contributed by atoms with Gasteiger partial charge in [0.15, 0.2) is 0 Å². The van der Waals surface area contributed by atoms with Crippen LogP contribution >= 0.6 is 0 Å². The van der Waals surface area contributed by atoms with Gasteiger partial charge in [0.05, 0.1) is 18.6 Å². The third kappa shape index (κ3) is 2.99. The van der Waals surface area contributed by atoms with Crippen molar-refractivity contribution in [3.63, 3.8) is 0 Å². The molecule has 0 unspecified atom stereocenters. The maximum absolute atomic E-state index is 6.35. The zero-order valence-electron chi connectivity index (χ0n) is 13.6. The van der Waals surface area contributed by atoms with Crippen LogP contribution in [0, 0.1) is 0 Å². The van der Waals surface area contributed by atoms with E-state index in [1.165, 1.54) is 11.1 Å². The van der Waals surface area contributed by atoms with Gasteiger partial charge in [0.1, 0.15) is 5.75 Å². The Morgan fingerprint density at radius 3 is 3.09 bits per heavy atom. The average molecular weight is 312 g/mol. The van der Waals surface area contributed by atoms with E-state index in [-0.39, 0.29) is 6.04 Å². The molecule has 3 heterocycles. The van der Waals surface area contributed by atoms with E-state index in [1.54, 1.807) is 0 Å². The molecule has 1 fully saturated rings. The zero-order valence-corrected chi connectivity index (χ0v) is 13.6. The van der Waals surface area contributed by atoms with Gasteiger partial charge in [-0.05, 0) is 23.6 Å². The first-order valence-corrected chi connectivity index (χ1v) is 8.39. The number of likely N-dealkylation sites (tertiary alicyclic amines) is 1. The maximum atomic E-state index is 6.35. The van der Waals surface area contributed by atoms with Crippen LogP contribution in [0.1, 0.15) is 22.7 Å². The summed E-state index contributed by atoms with van der Waals surface area (Å²) in [6.45, 7) is 3.84. The van der Waals surface area contributed by atoms with Gasteiger partial charge in [0, 0.05) is 51.3 Å². The van der Waals surface area contributed by atoms with Crippen LogP contribution in [0.3, 0.4) is 0 Å². The summed E-state index contributed by atoms with van der Waals surface area (Å²) >= 11 is 0. The summed E-state index contributed by atoms with van der Waals surface area (Å²) in [5.74, 6) is 1.41. The zero-order chi connectivity index (χ0) is 15.8. The Bertz CT molecular complexity index is 696. The highest BCUT2D eigenvalue weighted by Crippen LogP contribution is 2.27. The molecule has 1 saturated heterocycles. The molecule has 23 heavy (non-hydrogen) atoms. The number of benzene rings is 1. The molecule has 2 aromatic rings. The van der Waals surface area contributed by atoms with Gasteiger partial charge in [0.2, 0.25) is 0 Å². The molecule has 0 radical (unpaired) electrons. The predicted octanol–water partition coefficient (Wildman–Crippen LogP) is 1.32. The molecule has 2 aliphatic rings. The van der Waals surface area contributed by atoms with Crippen molar-refractivity contribution in [3.8, 4) is 5.75 Å². The minimum Gasteiger partial charge on any atom is -0.493 e. The predicted molar refractivity (Wildman–Crippen MR) is 89.7 cm³/mol. The monoisotopic (exact) mass is 312 g/mol. The van der Waals surface area contributed by atoms with Crippen LogP contribution in [0.2, 0.25) is 0 Å². The minimum absolute atomic E-state index is 0.179. The quantitative estimate of drug-likeness (QED) is 0.925. The summed E-state index contributed by atoms with van der Waals surface area (Å²) in [5.41, 5.74) is 10.2. The summed E-state index contributed by atoms with van der Waals surface area (Å²) in [6, 6.07) is 6.79. The van der Waals surface area contributed by atoms with Gasteiger partial charge in [-0.1, -0.05) is 12.1 Å². The number of imidazole rings is 1. The SMILES string of the molecule is Cn1cnc([C@@H]2CN(CCc3ccc4c(c3)CCO4)C[C@H]2N)c1. The van der Waals surface area contributed by atoms with Crippen molar-refractivity contribution >= 4 is 0 Å². The first kappa shape index (κ1) is 14.7. The van der Waals surface area contributed by atoms with Gasteiger partial charge in [-0.2, -0.15) is 0 Å². The Morgan fingerprint density at radius 2 is 2.26 bits per heavy atom. The second kappa shape index (κ2) is 5.98. The molecule has 0 amide bonds. The lowest BCUT2D eigenvalue weighted by Gasteiger charge is -2.15.